The first-order valence-electron chi connectivity index (χ1n) is 10.6. The summed E-state index contributed by atoms with van der Waals surface area (Å²) in [5.41, 5.74) is 1.15. The number of rotatable bonds is 3. The van der Waals surface area contributed by atoms with Crippen molar-refractivity contribution in [2.24, 2.45) is 7.05 Å². The summed E-state index contributed by atoms with van der Waals surface area (Å²) in [4.78, 5) is 25.2. The van der Waals surface area contributed by atoms with Crippen LogP contribution in [0.25, 0.3) is 11.0 Å². The molecule has 1 unspecified atom stereocenters. The van der Waals surface area contributed by atoms with Crippen LogP contribution in [0.2, 0.25) is 0 Å². The first-order valence-corrected chi connectivity index (χ1v) is 10.6. The normalized spacial score (nSPS) is 20.1. The van der Waals surface area contributed by atoms with Crippen LogP contribution in [0.1, 0.15) is 38.1 Å². The highest BCUT2D eigenvalue weighted by Gasteiger charge is 2.34. The zero-order chi connectivity index (χ0) is 24.0. The first kappa shape index (κ1) is 22.7. The van der Waals surface area contributed by atoms with Crippen LogP contribution in [0.15, 0.2) is 29.1 Å². The van der Waals surface area contributed by atoms with Crippen molar-refractivity contribution < 1.29 is 13.2 Å². The molecule has 0 spiro atoms. The second-order valence-electron chi connectivity index (χ2n) is 8.47. The molecule has 0 saturated carbocycles. The summed E-state index contributed by atoms with van der Waals surface area (Å²) >= 11 is 0. The Morgan fingerprint density at radius 1 is 1.09 bits per heavy atom. The molecule has 3 heterocycles. The van der Waals surface area contributed by atoms with Crippen molar-refractivity contribution in [1.82, 2.24) is 19.4 Å². The van der Waals surface area contributed by atoms with Gasteiger partial charge in [0, 0.05) is 38.3 Å². The third-order valence-electron chi connectivity index (χ3n) is 6.34. The van der Waals surface area contributed by atoms with Crippen LogP contribution in [0.3, 0.4) is 0 Å². The molecule has 1 aromatic carbocycles. The van der Waals surface area contributed by atoms with Crippen molar-refractivity contribution >= 4 is 16.9 Å². The maximum Gasteiger partial charge on any atom is 0.349 e. The minimum atomic E-state index is -1.48. The van der Waals surface area contributed by atoms with E-state index < -0.39 is 23.1 Å². The standard InChI is InChI=1S/C23H23F3N6O/c1-12-11-32(22-21-19(30(4)23(33)29-22)6-5-16(9-27)28-21)13(2)10-31(12)14(3)15-7-17(24)20(26)18(25)8-15/h5-8,12-14H,10-11H2,1-4H3/t12-,13+,14?/m1/s1. The summed E-state index contributed by atoms with van der Waals surface area (Å²) in [5, 5.41) is 9.28. The smallest absolute Gasteiger partial charge is 0.349 e. The number of fused-ring (bicyclic) bond motifs is 1. The lowest BCUT2D eigenvalue weighted by Crippen LogP contribution is -2.57. The minimum Gasteiger partial charge on any atom is -0.349 e. The number of aryl methyl sites for hydroxylation is 1. The Kier molecular flexibility index (Phi) is 5.84. The van der Waals surface area contributed by atoms with Crippen molar-refractivity contribution in [2.75, 3.05) is 18.0 Å². The lowest BCUT2D eigenvalue weighted by Gasteiger charge is -2.47. The van der Waals surface area contributed by atoms with Gasteiger partial charge in [-0.15, -0.1) is 0 Å². The van der Waals surface area contributed by atoms with Gasteiger partial charge < -0.3 is 4.90 Å². The summed E-state index contributed by atoms with van der Waals surface area (Å²) in [7, 11) is 1.60. The van der Waals surface area contributed by atoms with Gasteiger partial charge in [-0.3, -0.25) is 9.47 Å². The van der Waals surface area contributed by atoms with E-state index in [0.29, 0.717) is 35.5 Å². The topological polar surface area (TPSA) is 78.0 Å². The van der Waals surface area contributed by atoms with Crippen molar-refractivity contribution in [3.63, 3.8) is 0 Å². The van der Waals surface area contributed by atoms with E-state index >= 15 is 0 Å². The average molecular weight is 456 g/mol. The zero-order valence-corrected chi connectivity index (χ0v) is 18.7. The predicted molar refractivity (Wildman–Crippen MR) is 117 cm³/mol. The summed E-state index contributed by atoms with van der Waals surface area (Å²) in [5.74, 6) is -3.52. The SMILES string of the molecule is CC(c1cc(F)c(F)c(F)c1)N1C[C@H](C)N(c2nc(=O)n(C)c3ccc(C#N)nc23)C[C@H]1C. The van der Waals surface area contributed by atoms with Gasteiger partial charge in [0.25, 0.3) is 0 Å². The maximum atomic E-state index is 13.8. The number of hydrogen-bond acceptors (Lipinski definition) is 6. The number of anilines is 1. The third kappa shape index (κ3) is 3.93. The fourth-order valence-corrected chi connectivity index (χ4v) is 4.47. The number of piperazine rings is 1. The number of pyridine rings is 1. The Balaban J connectivity index is 1.69. The average Bonchev–Trinajstić information content (AvgIpc) is 2.80. The van der Waals surface area contributed by atoms with E-state index in [1.54, 1.807) is 19.2 Å². The number of nitrogens with zero attached hydrogens (tertiary/aromatic N) is 6. The summed E-state index contributed by atoms with van der Waals surface area (Å²) in [6.45, 7) is 6.70. The lowest BCUT2D eigenvalue weighted by molar-refractivity contribution is 0.118. The van der Waals surface area contributed by atoms with Gasteiger partial charge in [-0.1, -0.05) is 0 Å². The number of aromatic nitrogens is 3. The van der Waals surface area contributed by atoms with E-state index in [2.05, 4.69) is 14.9 Å². The molecule has 0 aliphatic carbocycles. The molecule has 172 valence electrons. The summed E-state index contributed by atoms with van der Waals surface area (Å²) in [6.07, 6.45) is 0. The molecule has 1 aliphatic rings. The number of nitriles is 1. The molecule has 3 aromatic rings. The quantitative estimate of drug-likeness (QED) is 0.563. The lowest BCUT2D eigenvalue weighted by atomic mass is 10.0. The van der Waals surface area contributed by atoms with Gasteiger partial charge in [-0.2, -0.15) is 10.2 Å². The van der Waals surface area contributed by atoms with Crippen LogP contribution in [0, 0.1) is 28.8 Å². The fraction of sp³-hybridized carbons (Fsp3) is 0.391. The molecule has 1 saturated heterocycles. The highest BCUT2D eigenvalue weighted by molar-refractivity contribution is 5.86. The van der Waals surface area contributed by atoms with Gasteiger partial charge in [-0.25, -0.2) is 22.9 Å². The molecule has 1 fully saturated rings. The fourth-order valence-electron chi connectivity index (χ4n) is 4.47. The summed E-state index contributed by atoms with van der Waals surface area (Å²) < 4.78 is 42.4. The molecule has 1 aliphatic heterocycles. The molecule has 0 bridgehead atoms. The van der Waals surface area contributed by atoms with Crippen LogP contribution in [0.4, 0.5) is 19.0 Å². The largest absolute Gasteiger partial charge is 0.349 e. The van der Waals surface area contributed by atoms with Crippen molar-refractivity contribution in [1.29, 1.82) is 5.26 Å². The Morgan fingerprint density at radius 2 is 1.76 bits per heavy atom. The molecule has 3 atom stereocenters. The predicted octanol–water partition coefficient (Wildman–Crippen LogP) is 3.28. The molecular formula is C23H23F3N6O. The second-order valence-corrected chi connectivity index (χ2v) is 8.47. The van der Waals surface area contributed by atoms with Gasteiger partial charge >= 0.3 is 5.69 Å². The number of hydrogen-bond donors (Lipinski definition) is 0. The highest BCUT2D eigenvalue weighted by Crippen LogP contribution is 2.32. The van der Waals surface area contributed by atoms with Crippen molar-refractivity contribution in [3.05, 3.63) is 63.5 Å². The van der Waals surface area contributed by atoms with Crippen molar-refractivity contribution in [3.8, 4) is 6.07 Å². The Bertz CT molecular complexity index is 1310. The van der Waals surface area contributed by atoms with Crippen LogP contribution in [-0.2, 0) is 7.05 Å². The monoisotopic (exact) mass is 456 g/mol. The molecule has 10 heteroatoms. The van der Waals surface area contributed by atoms with E-state index in [9.17, 15) is 23.2 Å². The molecule has 2 aromatic heterocycles. The number of halogens is 3. The minimum absolute atomic E-state index is 0.0903. The second kappa shape index (κ2) is 8.48. The third-order valence-corrected chi connectivity index (χ3v) is 6.34. The van der Waals surface area contributed by atoms with Crippen LogP contribution < -0.4 is 10.6 Å². The van der Waals surface area contributed by atoms with Crippen LogP contribution in [-0.4, -0.2) is 44.6 Å². The zero-order valence-electron chi connectivity index (χ0n) is 18.7. The maximum absolute atomic E-state index is 13.8. The molecule has 0 radical (unpaired) electrons. The van der Waals surface area contributed by atoms with Crippen molar-refractivity contribution in [2.45, 2.75) is 38.9 Å². The van der Waals surface area contributed by atoms with E-state index in [1.165, 1.54) is 4.57 Å². The van der Waals surface area contributed by atoms with Gasteiger partial charge in [0.2, 0.25) is 0 Å². The van der Waals surface area contributed by atoms with E-state index in [4.69, 9.17) is 0 Å². The van der Waals surface area contributed by atoms with Crippen LogP contribution >= 0.6 is 0 Å². The number of benzene rings is 1. The Morgan fingerprint density at radius 3 is 2.39 bits per heavy atom. The molecule has 33 heavy (non-hydrogen) atoms. The molecule has 4 rings (SSSR count). The van der Waals surface area contributed by atoms with Gasteiger partial charge in [-0.05, 0) is 50.6 Å². The Hall–Kier alpha value is -3.45. The molecular weight excluding hydrogens is 433 g/mol. The van der Waals surface area contributed by atoms with Gasteiger partial charge in [0.05, 0.1) is 5.52 Å². The van der Waals surface area contributed by atoms with Gasteiger partial charge in [0.15, 0.2) is 23.3 Å². The van der Waals surface area contributed by atoms with E-state index in [0.717, 1.165) is 12.1 Å². The van der Waals surface area contributed by atoms with Crippen LogP contribution in [0.5, 0.6) is 0 Å². The van der Waals surface area contributed by atoms with E-state index in [-0.39, 0.29) is 23.8 Å². The van der Waals surface area contributed by atoms with Gasteiger partial charge in [0.1, 0.15) is 17.3 Å². The highest BCUT2D eigenvalue weighted by atomic mass is 19.2. The summed E-state index contributed by atoms with van der Waals surface area (Å²) in [6, 6.07) is 6.70. The first-order chi connectivity index (χ1) is 15.6. The molecule has 7 nitrogen and oxygen atoms in total. The Labute approximate surface area is 188 Å². The molecule has 0 N–H and O–H groups in total. The molecule has 0 amide bonds. The van der Waals surface area contributed by atoms with E-state index in [1.807, 2.05) is 31.7 Å².